The van der Waals surface area contributed by atoms with Crippen LogP contribution in [0.1, 0.15) is 25.7 Å². The Bertz CT molecular complexity index is 727. The summed E-state index contributed by atoms with van der Waals surface area (Å²) in [5.74, 6) is 0.199. The van der Waals surface area contributed by atoms with Crippen LogP contribution in [0.2, 0.25) is 0 Å². The molecular formula is C18H24N4O2. The van der Waals surface area contributed by atoms with Crippen LogP contribution in [0.5, 0.6) is 0 Å². The molecule has 4 rings (SSSR count). The molecule has 2 aromatic heterocycles. The van der Waals surface area contributed by atoms with E-state index in [-0.39, 0.29) is 11.9 Å². The lowest BCUT2D eigenvalue weighted by Crippen LogP contribution is -2.52. The number of aliphatic hydroxyl groups is 1. The fraction of sp³-hybridized carbons (Fsp3) is 0.556. The van der Waals surface area contributed by atoms with Crippen LogP contribution in [0.25, 0.3) is 11.0 Å². The molecule has 1 atom stereocenters. The Balaban J connectivity index is 1.41. The van der Waals surface area contributed by atoms with E-state index in [4.69, 9.17) is 0 Å². The molecule has 2 saturated heterocycles. The quantitative estimate of drug-likeness (QED) is 0.886. The highest BCUT2D eigenvalue weighted by Crippen LogP contribution is 2.27. The number of hydrogen-bond acceptors (Lipinski definition) is 4. The first-order chi connectivity index (χ1) is 11.6. The molecule has 24 heavy (non-hydrogen) atoms. The fourth-order valence-corrected chi connectivity index (χ4v) is 3.89. The Kier molecular flexibility index (Phi) is 4.02. The van der Waals surface area contributed by atoms with Crippen molar-refractivity contribution in [2.45, 2.75) is 43.9 Å². The van der Waals surface area contributed by atoms with Gasteiger partial charge >= 0.3 is 0 Å². The number of amides is 1. The number of rotatable bonds is 3. The first-order valence-electron chi connectivity index (χ1n) is 8.79. The van der Waals surface area contributed by atoms with E-state index in [0.717, 1.165) is 30.4 Å². The van der Waals surface area contributed by atoms with Crippen LogP contribution in [0.3, 0.4) is 0 Å². The molecule has 0 radical (unpaired) electrons. The Morgan fingerprint density at radius 2 is 2.21 bits per heavy atom. The van der Waals surface area contributed by atoms with Crippen molar-refractivity contribution in [3.8, 4) is 0 Å². The smallest absolute Gasteiger partial charge is 0.239 e. The summed E-state index contributed by atoms with van der Waals surface area (Å²) in [6, 6.07) is 5.90. The SMILES string of the molecule is O=C(C1CCCN1)N1CCC(O)(Cn2ccc3ncccc32)CC1. The van der Waals surface area contributed by atoms with Gasteiger partial charge in [-0.3, -0.25) is 9.78 Å². The van der Waals surface area contributed by atoms with Crippen LogP contribution in [-0.4, -0.2) is 56.7 Å². The maximum absolute atomic E-state index is 12.5. The summed E-state index contributed by atoms with van der Waals surface area (Å²) in [6.45, 7) is 2.74. The molecule has 2 aromatic rings. The largest absolute Gasteiger partial charge is 0.388 e. The molecule has 0 spiro atoms. The van der Waals surface area contributed by atoms with E-state index >= 15 is 0 Å². The third-order valence-electron chi connectivity index (χ3n) is 5.37. The summed E-state index contributed by atoms with van der Waals surface area (Å²) in [5, 5.41) is 14.2. The summed E-state index contributed by atoms with van der Waals surface area (Å²) in [5.41, 5.74) is 1.22. The molecule has 0 aliphatic carbocycles. The number of carbonyl (C=O) groups is 1. The molecule has 6 nitrogen and oxygen atoms in total. The Labute approximate surface area is 141 Å². The molecule has 0 aromatic carbocycles. The van der Waals surface area contributed by atoms with Crippen molar-refractivity contribution < 1.29 is 9.90 Å². The summed E-state index contributed by atoms with van der Waals surface area (Å²) < 4.78 is 2.07. The second-order valence-corrected chi connectivity index (χ2v) is 7.05. The molecule has 4 heterocycles. The van der Waals surface area contributed by atoms with Gasteiger partial charge in [0.05, 0.1) is 29.2 Å². The van der Waals surface area contributed by atoms with Gasteiger partial charge < -0.3 is 19.9 Å². The van der Waals surface area contributed by atoms with Crippen LogP contribution in [0, 0.1) is 0 Å². The zero-order valence-corrected chi connectivity index (χ0v) is 13.8. The molecule has 2 fully saturated rings. The molecule has 1 unspecified atom stereocenters. The van der Waals surface area contributed by atoms with E-state index in [9.17, 15) is 9.90 Å². The van der Waals surface area contributed by atoms with E-state index in [0.29, 0.717) is 32.5 Å². The average Bonchev–Trinajstić information content (AvgIpc) is 3.25. The molecule has 6 heteroatoms. The fourth-order valence-electron chi connectivity index (χ4n) is 3.89. The Morgan fingerprint density at radius 3 is 2.96 bits per heavy atom. The van der Waals surface area contributed by atoms with Gasteiger partial charge in [0.1, 0.15) is 0 Å². The van der Waals surface area contributed by atoms with Gasteiger partial charge in [-0.1, -0.05) is 0 Å². The zero-order valence-electron chi connectivity index (χ0n) is 13.8. The molecule has 0 bridgehead atoms. The average molecular weight is 328 g/mol. The van der Waals surface area contributed by atoms with Gasteiger partial charge in [0.25, 0.3) is 0 Å². The number of likely N-dealkylation sites (tertiary alicyclic amines) is 1. The van der Waals surface area contributed by atoms with Crippen molar-refractivity contribution >= 4 is 16.9 Å². The Morgan fingerprint density at radius 1 is 1.38 bits per heavy atom. The number of nitrogens with one attached hydrogen (secondary N) is 1. The van der Waals surface area contributed by atoms with Crippen molar-refractivity contribution in [3.63, 3.8) is 0 Å². The standard InChI is InChI=1S/C18H24N4O2/c23-17(15-3-1-8-20-15)21-11-6-18(24,7-12-21)13-22-10-5-14-16(22)4-2-9-19-14/h2,4-5,9-10,15,20,24H,1,3,6-8,11-13H2. The summed E-state index contributed by atoms with van der Waals surface area (Å²) in [4.78, 5) is 18.7. The van der Waals surface area contributed by atoms with Crippen molar-refractivity contribution in [2.75, 3.05) is 19.6 Å². The number of pyridine rings is 1. The minimum absolute atomic E-state index is 0.0179. The normalized spacial score (nSPS) is 23.7. The van der Waals surface area contributed by atoms with Gasteiger partial charge in [-0.25, -0.2) is 0 Å². The first-order valence-corrected chi connectivity index (χ1v) is 8.79. The van der Waals surface area contributed by atoms with Crippen molar-refractivity contribution in [2.24, 2.45) is 0 Å². The number of nitrogens with zero attached hydrogens (tertiary/aromatic N) is 3. The molecule has 2 aliphatic rings. The molecule has 0 saturated carbocycles. The van der Waals surface area contributed by atoms with Crippen LogP contribution < -0.4 is 5.32 Å². The highest BCUT2D eigenvalue weighted by atomic mass is 16.3. The van der Waals surface area contributed by atoms with Crippen molar-refractivity contribution in [1.29, 1.82) is 0 Å². The number of aromatic nitrogens is 2. The van der Waals surface area contributed by atoms with Crippen LogP contribution in [-0.2, 0) is 11.3 Å². The van der Waals surface area contributed by atoms with Gasteiger partial charge in [-0.05, 0) is 50.4 Å². The number of piperidine rings is 1. The molecule has 128 valence electrons. The van der Waals surface area contributed by atoms with Gasteiger partial charge in [0.15, 0.2) is 0 Å². The van der Waals surface area contributed by atoms with Crippen LogP contribution >= 0.6 is 0 Å². The monoisotopic (exact) mass is 328 g/mol. The van der Waals surface area contributed by atoms with Crippen LogP contribution in [0.15, 0.2) is 30.6 Å². The number of hydrogen-bond donors (Lipinski definition) is 2. The van der Waals surface area contributed by atoms with E-state index in [1.54, 1.807) is 6.20 Å². The topological polar surface area (TPSA) is 70.4 Å². The maximum atomic E-state index is 12.5. The Hall–Kier alpha value is -1.92. The third-order valence-corrected chi connectivity index (χ3v) is 5.37. The van der Waals surface area contributed by atoms with Gasteiger partial charge in [0, 0.05) is 25.5 Å². The molecule has 2 N–H and O–H groups in total. The number of carbonyl (C=O) groups excluding carboxylic acids is 1. The van der Waals surface area contributed by atoms with Gasteiger partial charge in [-0.2, -0.15) is 0 Å². The lowest BCUT2D eigenvalue weighted by Gasteiger charge is -2.39. The highest BCUT2D eigenvalue weighted by molar-refractivity contribution is 5.82. The van der Waals surface area contributed by atoms with Crippen molar-refractivity contribution in [1.82, 2.24) is 19.8 Å². The maximum Gasteiger partial charge on any atom is 0.239 e. The van der Waals surface area contributed by atoms with Gasteiger partial charge in [-0.15, -0.1) is 0 Å². The lowest BCUT2D eigenvalue weighted by atomic mass is 9.90. The van der Waals surface area contributed by atoms with Crippen molar-refractivity contribution in [3.05, 3.63) is 30.6 Å². The number of fused-ring (bicyclic) bond motifs is 1. The van der Waals surface area contributed by atoms with E-state index in [2.05, 4.69) is 14.9 Å². The molecular weight excluding hydrogens is 304 g/mol. The summed E-state index contributed by atoms with van der Waals surface area (Å²) >= 11 is 0. The predicted molar refractivity (Wildman–Crippen MR) is 91.5 cm³/mol. The second-order valence-electron chi connectivity index (χ2n) is 7.05. The molecule has 1 amide bonds. The summed E-state index contributed by atoms with van der Waals surface area (Å²) in [6.07, 6.45) is 7.00. The summed E-state index contributed by atoms with van der Waals surface area (Å²) in [7, 11) is 0. The van der Waals surface area contributed by atoms with E-state index in [1.807, 2.05) is 29.3 Å². The van der Waals surface area contributed by atoms with E-state index in [1.165, 1.54) is 0 Å². The lowest BCUT2D eigenvalue weighted by molar-refractivity contribution is -0.137. The predicted octanol–water partition coefficient (Wildman–Crippen LogP) is 1.14. The minimum atomic E-state index is -0.762. The molecule has 2 aliphatic heterocycles. The first kappa shape index (κ1) is 15.6. The van der Waals surface area contributed by atoms with Gasteiger partial charge in [0.2, 0.25) is 5.91 Å². The zero-order chi connectivity index (χ0) is 16.6. The second kappa shape index (κ2) is 6.18. The minimum Gasteiger partial charge on any atom is -0.388 e. The third kappa shape index (κ3) is 2.91. The van der Waals surface area contributed by atoms with E-state index < -0.39 is 5.60 Å². The van der Waals surface area contributed by atoms with Crippen LogP contribution in [0.4, 0.5) is 0 Å². The highest BCUT2D eigenvalue weighted by Gasteiger charge is 2.36.